The molecule has 19 heavy (non-hydrogen) atoms. The first-order valence-corrected chi connectivity index (χ1v) is 8.40. The van der Waals surface area contributed by atoms with Crippen molar-refractivity contribution < 1.29 is 4.57 Å². The van der Waals surface area contributed by atoms with E-state index in [9.17, 15) is 0 Å². The molecular formula is C17H31N2+. The van der Waals surface area contributed by atoms with Crippen molar-refractivity contribution in [2.24, 2.45) is 5.92 Å². The number of imidazole rings is 1. The highest BCUT2D eigenvalue weighted by Gasteiger charge is 2.20. The quantitative estimate of drug-likeness (QED) is 0.641. The van der Waals surface area contributed by atoms with Crippen LogP contribution in [0.2, 0.25) is 0 Å². The van der Waals surface area contributed by atoms with Gasteiger partial charge in [-0.15, -0.1) is 0 Å². The zero-order valence-corrected chi connectivity index (χ0v) is 12.9. The summed E-state index contributed by atoms with van der Waals surface area (Å²) in [4.78, 5) is 0. The standard InChI is InChI=1S/C17H31N2/c1-3-5-9-16(4-2)14-18-12-13-19(15-18)17-10-7-6-8-11-17/h12-13,15-17H,3-11,14H2,1-2H3/q+1. The predicted molar refractivity (Wildman–Crippen MR) is 80.1 cm³/mol. The summed E-state index contributed by atoms with van der Waals surface area (Å²) in [6.07, 6.45) is 19.3. The van der Waals surface area contributed by atoms with E-state index in [-0.39, 0.29) is 0 Å². The minimum atomic E-state index is 0.769. The van der Waals surface area contributed by atoms with Gasteiger partial charge >= 0.3 is 0 Å². The second-order valence-electron chi connectivity index (χ2n) is 6.27. The third kappa shape index (κ3) is 4.36. The van der Waals surface area contributed by atoms with Crippen LogP contribution >= 0.6 is 0 Å². The van der Waals surface area contributed by atoms with E-state index < -0.39 is 0 Å². The maximum absolute atomic E-state index is 2.46. The lowest BCUT2D eigenvalue weighted by molar-refractivity contribution is -0.703. The van der Waals surface area contributed by atoms with Crippen LogP contribution in [0.4, 0.5) is 0 Å². The van der Waals surface area contributed by atoms with Crippen molar-refractivity contribution in [1.29, 1.82) is 0 Å². The highest BCUT2D eigenvalue weighted by atomic mass is 15.1. The molecule has 1 saturated carbocycles. The fourth-order valence-electron chi connectivity index (χ4n) is 3.33. The van der Waals surface area contributed by atoms with Gasteiger partial charge < -0.3 is 0 Å². The molecule has 1 aromatic rings. The van der Waals surface area contributed by atoms with Crippen LogP contribution in [0.3, 0.4) is 0 Å². The van der Waals surface area contributed by atoms with E-state index >= 15 is 0 Å². The molecule has 0 radical (unpaired) electrons. The van der Waals surface area contributed by atoms with Crippen LogP contribution in [0.1, 0.15) is 77.7 Å². The molecule has 2 heteroatoms. The molecule has 0 N–H and O–H groups in total. The number of hydrogen-bond donors (Lipinski definition) is 0. The van der Waals surface area contributed by atoms with Crippen molar-refractivity contribution >= 4 is 0 Å². The molecule has 1 aliphatic carbocycles. The van der Waals surface area contributed by atoms with Crippen molar-refractivity contribution in [3.05, 3.63) is 18.7 Å². The van der Waals surface area contributed by atoms with E-state index in [2.05, 4.69) is 41.7 Å². The van der Waals surface area contributed by atoms with Gasteiger partial charge in [0.2, 0.25) is 6.33 Å². The lowest BCUT2D eigenvalue weighted by Crippen LogP contribution is -2.35. The van der Waals surface area contributed by atoms with Crippen molar-refractivity contribution in [2.75, 3.05) is 0 Å². The topological polar surface area (TPSA) is 8.81 Å². The van der Waals surface area contributed by atoms with Gasteiger partial charge in [-0.3, -0.25) is 0 Å². The van der Waals surface area contributed by atoms with Gasteiger partial charge in [0.15, 0.2) is 0 Å². The maximum Gasteiger partial charge on any atom is 0.243 e. The van der Waals surface area contributed by atoms with E-state index in [1.165, 1.54) is 64.3 Å². The summed E-state index contributed by atoms with van der Waals surface area (Å²) in [6, 6.07) is 0.769. The molecule has 2 rings (SSSR count). The number of rotatable bonds is 7. The Morgan fingerprint density at radius 3 is 2.68 bits per heavy atom. The van der Waals surface area contributed by atoms with Crippen molar-refractivity contribution in [3.8, 4) is 0 Å². The Labute approximate surface area is 118 Å². The highest BCUT2D eigenvalue weighted by Crippen LogP contribution is 2.27. The summed E-state index contributed by atoms with van der Waals surface area (Å²) >= 11 is 0. The molecule has 108 valence electrons. The Morgan fingerprint density at radius 2 is 2.00 bits per heavy atom. The second-order valence-corrected chi connectivity index (χ2v) is 6.27. The van der Waals surface area contributed by atoms with Gasteiger partial charge in [-0.25, -0.2) is 9.13 Å². The first-order chi connectivity index (χ1) is 9.33. The second kappa shape index (κ2) is 7.72. The fraction of sp³-hybridized carbons (Fsp3) is 0.824. The van der Waals surface area contributed by atoms with Gasteiger partial charge in [-0.1, -0.05) is 33.1 Å². The van der Waals surface area contributed by atoms with Crippen LogP contribution in [0.15, 0.2) is 18.7 Å². The van der Waals surface area contributed by atoms with Crippen LogP contribution in [0.5, 0.6) is 0 Å². The molecule has 1 fully saturated rings. The number of hydrogen-bond acceptors (Lipinski definition) is 0. The molecule has 1 heterocycles. The van der Waals surface area contributed by atoms with Crippen LogP contribution in [-0.2, 0) is 6.54 Å². The Hall–Kier alpha value is -0.790. The Kier molecular flexibility index (Phi) is 5.93. The van der Waals surface area contributed by atoms with Gasteiger partial charge in [0, 0.05) is 0 Å². The van der Waals surface area contributed by atoms with E-state index in [0.29, 0.717) is 0 Å². The van der Waals surface area contributed by atoms with Crippen LogP contribution in [0.25, 0.3) is 0 Å². The minimum Gasteiger partial charge on any atom is -0.237 e. The Morgan fingerprint density at radius 1 is 1.21 bits per heavy atom. The highest BCUT2D eigenvalue weighted by molar-refractivity contribution is 4.78. The van der Waals surface area contributed by atoms with Gasteiger partial charge in [0.25, 0.3) is 0 Å². The van der Waals surface area contributed by atoms with E-state index in [1.807, 2.05) is 0 Å². The lowest BCUT2D eigenvalue weighted by Gasteiger charge is -2.18. The van der Waals surface area contributed by atoms with Crippen molar-refractivity contribution in [3.63, 3.8) is 0 Å². The first kappa shape index (κ1) is 14.6. The summed E-state index contributed by atoms with van der Waals surface area (Å²) in [6.45, 7) is 5.83. The summed E-state index contributed by atoms with van der Waals surface area (Å²) in [5.41, 5.74) is 0. The first-order valence-electron chi connectivity index (χ1n) is 8.40. The van der Waals surface area contributed by atoms with Crippen molar-refractivity contribution in [2.45, 2.75) is 84.2 Å². The molecule has 0 bridgehead atoms. The minimum absolute atomic E-state index is 0.769. The number of aromatic nitrogens is 2. The van der Waals surface area contributed by atoms with Crippen molar-refractivity contribution in [1.82, 2.24) is 4.57 Å². The zero-order chi connectivity index (χ0) is 13.5. The summed E-state index contributed by atoms with van der Waals surface area (Å²) < 4.78 is 4.88. The molecule has 0 aliphatic heterocycles. The molecule has 0 saturated heterocycles. The smallest absolute Gasteiger partial charge is 0.237 e. The van der Waals surface area contributed by atoms with Gasteiger partial charge in [-0.05, 0) is 44.4 Å². The van der Waals surface area contributed by atoms with Gasteiger partial charge in [0.1, 0.15) is 18.4 Å². The van der Waals surface area contributed by atoms with Gasteiger partial charge in [-0.2, -0.15) is 0 Å². The molecule has 0 aromatic carbocycles. The SMILES string of the molecule is CCCCC(CC)C[n+]1ccn(C2CCCCC2)c1. The number of nitrogens with zero attached hydrogens (tertiary/aromatic N) is 2. The monoisotopic (exact) mass is 263 g/mol. The molecule has 1 aromatic heterocycles. The molecular weight excluding hydrogens is 232 g/mol. The third-order valence-corrected chi connectivity index (χ3v) is 4.72. The zero-order valence-electron chi connectivity index (χ0n) is 12.9. The largest absolute Gasteiger partial charge is 0.243 e. The molecule has 2 nitrogen and oxygen atoms in total. The maximum atomic E-state index is 2.46. The number of unbranched alkanes of at least 4 members (excludes halogenated alkanes) is 1. The summed E-state index contributed by atoms with van der Waals surface area (Å²) in [5, 5.41) is 0. The molecule has 0 amide bonds. The molecule has 1 aliphatic rings. The molecule has 0 spiro atoms. The summed E-state index contributed by atoms with van der Waals surface area (Å²) in [5.74, 6) is 0.854. The Bertz CT molecular complexity index is 350. The van der Waals surface area contributed by atoms with Crippen LogP contribution in [0, 0.1) is 5.92 Å². The summed E-state index contributed by atoms with van der Waals surface area (Å²) in [7, 11) is 0. The normalized spacial score (nSPS) is 18.6. The van der Waals surface area contributed by atoms with E-state index in [4.69, 9.17) is 0 Å². The van der Waals surface area contributed by atoms with E-state index in [0.717, 1.165) is 12.0 Å². The predicted octanol–water partition coefficient (Wildman–Crippen LogP) is 4.50. The van der Waals surface area contributed by atoms with E-state index in [1.54, 1.807) is 0 Å². The van der Waals surface area contributed by atoms with Crippen LogP contribution in [-0.4, -0.2) is 4.57 Å². The Balaban J connectivity index is 1.88. The third-order valence-electron chi connectivity index (χ3n) is 4.72. The van der Waals surface area contributed by atoms with Gasteiger partial charge in [0.05, 0.1) is 6.54 Å². The molecule has 1 unspecified atom stereocenters. The average Bonchev–Trinajstić information content (AvgIpc) is 2.93. The van der Waals surface area contributed by atoms with Crippen LogP contribution < -0.4 is 4.57 Å². The lowest BCUT2D eigenvalue weighted by atomic mass is 9.95. The fourth-order valence-corrected chi connectivity index (χ4v) is 3.33. The average molecular weight is 263 g/mol. The molecule has 1 atom stereocenters.